The average Bonchev–Trinajstić information content (AvgIpc) is 3.04. The topological polar surface area (TPSA) is 29.9 Å². The van der Waals surface area contributed by atoms with Crippen molar-refractivity contribution in [1.29, 1.82) is 0 Å². The van der Waals surface area contributed by atoms with Crippen molar-refractivity contribution < 1.29 is 0 Å². The maximum Gasteiger partial charge on any atom is 0.0994 e. The number of fused-ring (bicyclic) bond motifs is 1. The zero-order chi connectivity index (χ0) is 14.1. The molecule has 0 saturated carbocycles. The summed E-state index contributed by atoms with van der Waals surface area (Å²) >= 11 is 0. The van der Waals surface area contributed by atoms with Gasteiger partial charge in [0.25, 0.3) is 0 Å². The normalized spacial score (nSPS) is 19.4. The first-order valence-electron chi connectivity index (χ1n) is 8.27. The van der Waals surface area contributed by atoms with Crippen molar-refractivity contribution in [3.05, 3.63) is 47.5 Å². The van der Waals surface area contributed by atoms with Gasteiger partial charge in [-0.1, -0.05) is 12.1 Å². The number of nitrogens with zero attached hydrogens (tertiary/aromatic N) is 2. The van der Waals surface area contributed by atoms with Crippen LogP contribution in [0.4, 0.5) is 0 Å². The van der Waals surface area contributed by atoms with Crippen LogP contribution < -0.4 is 5.32 Å². The molecule has 1 saturated heterocycles. The lowest BCUT2D eigenvalue weighted by molar-refractivity contribution is 0.449. The number of nitrogens with one attached hydrogen (secondary N) is 1. The van der Waals surface area contributed by atoms with Crippen LogP contribution in [0.25, 0.3) is 5.69 Å². The van der Waals surface area contributed by atoms with Gasteiger partial charge >= 0.3 is 0 Å². The standard InChI is InChI=1S/C18H23N3/c1-2-6-16-14(4-1)5-3-7-17(16)21-13-20-12-18(21)15-8-10-19-11-9-15/h3,5,7,12-13,15,19H,1-2,4,6,8-11H2. The molecule has 2 aromatic rings. The largest absolute Gasteiger partial charge is 0.317 e. The van der Waals surface area contributed by atoms with Crippen molar-refractivity contribution in [3.8, 4) is 5.69 Å². The molecule has 1 aliphatic carbocycles. The first-order valence-corrected chi connectivity index (χ1v) is 8.27. The van der Waals surface area contributed by atoms with E-state index in [0.29, 0.717) is 5.92 Å². The fraction of sp³-hybridized carbons (Fsp3) is 0.500. The summed E-state index contributed by atoms with van der Waals surface area (Å²) in [5.74, 6) is 0.646. The smallest absolute Gasteiger partial charge is 0.0994 e. The van der Waals surface area contributed by atoms with Gasteiger partial charge in [-0.3, -0.25) is 0 Å². The highest BCUT2D eigenvalue weighted by Crippen LogP contribution is 2.31. The fourth-order valence-corrected chi connectivity index (χ4v) is 3.91. The van der Waals surface area contributed by atoms with Crippen LogP contribution in [-0.4, -0.2) is 22.6 Å². The predicted octanol–water partition coefficient (Wildman–Crippen LogP) is 3.22. The van der Waals surface area contributed by atoms with E-state index in [1.807, 2.05) is 6.33 Å². The number of hydrogen-bond donors (Lipinski definition) is 1. The van der Waals surface area contributed by atoms with E-state index in [4.69, 9.17) is 0 Å². The Labute approximate surface area is 126 Å². The monoisotopic (exact) mass is 281 g/mol. The molecule has 2 aliphatic rings. The van der Waals surface area contributed by atoms with E-state index < -0.39 is 0 Å². The van der Waals surface area contributed by atoms with Crippen molar-refractivity contribution in [3.63, 3.8) is 0 Å². The quantitative estimate of drug-likeness (QED) is 0.916. The Hall–Kier alpha value is -1.61. The van der Waals surface area contributed by atoms with E-state index >= 15 is 0 Å². The summed E-state index contributed by atoms with van der Waals surface area (Å²) in [6, 6.07) is 6.79. The van der Waals surface area contributed by atoms with Crippen LogP contribution in [0.1, 0.15) is 48.4 Å². The molecule has 1 aromatic carbocycles. The van der Waals surface area contributed by atoms with Gasteiger partial charge in [-0.05, 0) is 68.8 Å². The van der Waals surface area contributed by atoms with Gasteiger partial charge < -0.3 is 9.88 Å². The Morgan fingerprint density at radius 2 is 1.95 bits per heavy atom. The van der Waals surface area contributed by atoms with Crippen LogP contribution in [0.5, 0.6) is 0 Å². The molecule has 0 unspecified atom stereocenters. The molecule has 1 aromatic heterocycles. The van der Waals surface area contributed by atoms with Gasteiger partial charge in [0.05, 0.1) is 12.0 Å². The van der Waals surface area contributed by atoms with Crippen molar-refractivity contribution in [2.45, 2.75) is 44.4 Å². The van der Waals surface area contributed by atoms with Crippen molar-refractivity contribution in [2.75, 3.05) is 13.1 Å². The van der Waals surface area contributed by atoms with Crippen LogP contribution in [0.15, 0.2) is 30.7 Å². The number of aryl methyl sites for hydroxylation is 1. The highest BCUT2D eigenvalue weighted by atomic mass is 15.1. The minimum atomic E-state index is 0.646. The lowest BCUT2D eigenvalue weighted by Gasteiger charge is -2.26. The lowest BCUT2D eigenvalue weighted by atomic mass is 9.89. The molecule has 0 radical (unpaired) electrons. The van der Waals surface area contributed by atoms with Crippen LogP contribution in [0.2, 0.25) is 0 Å². The highest BCUT2D eigenvalue weighted by molar-refractivity contribution is 5.48. The summed E-state index contributed by atoms with van der Waals surface area (Å²) in [4.78, 5) is 4.47. The third kappa shape index (κ3) is 2.40. The van der Waals surface area contributed by atoms with Crippen LogP contribution in [0, 0.1) is 0 Å². The maximum absolute atomic E-state index is 4.47. The second-order valence-corrected chi connectivity index (χ2v) is 6.33. The van der Waals surface area contributed by atoms with E-state index in [1.54, 1.807) is 11.1 Å². The molecule has 0 bridgehead atoms. The van der Waals surface area contributed by atoms with Gasteiger partial charge in [0.1, 0.15) is 0 Å². The number of imidazole rings is 1. The van der Waals surface area contributed by atoms with Crippen molar-refractivity contribution in [2.24, 2.45) is 0 Å². The van der Waals surface area contributed by atoms with E-state index in [2.05, 4.69) is 39.3 Å². The molecule has 0 spiro atoms. The predicted molar refractivity (Wildman–Crippen MR) is 85.1 cm³/mol. The van der Waals surface area contributed by atoms with Gasteiger partial charge in [0.15, 0.2) is 0 Å². The van der Waals surface area contributed by atoms with Crippen LogP contribution in [0.3, 0.4) is 0 Å². The second-order valence-electron chi connectivity index (χ2n) is 6.33. The third-order valence-corrected chi connectivity index (χ3v) is 5.06. The summed E-state index contributed by atoms with van der Waals surface area (Å²) in [7, 11) is 0. The number of hydrogen-bond acceptors (Lipinski definition) is 2. The molecule has 1 aliphatic heterocycles. The first kappa shape index (κ1) is 13.1. The summed E-state index contributed by atoms with van der Waals surface area (Å²) < 4.78 is 2.36. The minimum Gasteiger partial charge on any atom is -0.317 e. The van der Waals surface area contributed by atoms with E-state index in [0.717, 1.165) is 13.1 Å². The SMILES string of the molecule is c1cc2c(c(-n3cncc3C3CCNCC3)c1)CCCC2. The van der Waals surface area contributed by atoms with Gasteiger partial charge in [0, 0.05) is 17.8 Å². The van der Waals surface area contributed by atoms with Gasteiger partial charge in [-0.2, -0.15) is 0 Å². The molecular weight excluding hydrogens is 258 g/mol. The molecule has 1 N–H and O–H groups in total. The molecule has 0 amide bonds. The van der Waals surface area contributed by atoms with E-state index in [-0.39, 0.29) is 0 Å². The first-order chi connectivity index (χ1) is 10.4. The summed E-state index contributed by atoms with van der Waals surface area (Å²) in [6.45, 7) is 2.26. The maximum atomic E-state index is 4.47. The molecular formula is C18H23N3. The highest BCUT2D eigenvalue weighted by Gasteiger charge is 2.21. The van der Waals surface area contributed by atoms with Crippen LogP contribution in [-0.2, 0) is 12.8 Å². The molecule has 110 valence electrons. The number of piperidine rings is 1. The number of rotatable bonds is 2. The average molecular weight is 281 g/mol. The molecule has 2 heterocycles. The Morgan fingerprint density at radius 1 is 1.10 bits per heavy atom. The molecule has 0 atom stereocenters. The summed E-state index contributed by atoms with van der Waals surface area (Å²) in [5, 5.41) is 3.46. The summed E-state index contributed by atoms with van der Waals surface area (Å²) in [6.07, 6.45) is 11.7. The Balaban J connectivity index is 1.76. The van der Waals surface area contributed by atoms with Gasteiger partial charge in [-0.25, -0.2) is 4.98 Å². The van der Waals surface area contributed by atoms with Crippen molar-refractivity contribution >= 4 is 0 Å². The Bertz CT molecular complexity index is 623. The Morgan fingerprint density at radius 3 is 2.86 bits per heavy atom. The van der Waals surface area contributed by atoms with E-state index in [1.165, 1.54) is 49.9 Å². The Kier molecular flexibility index (Phi) is 3.52. The van der Waals surface area contributed by atoms with Crippen LogP contribution >= 0.6 is 0 Å². The zero-order valence-corrected chi connectivity index (χ0v) is 12.5. The van der Waals surface area contributed by atoms with E-state index in [9.17, 15) is 0 Å². The third-order valence-electron chi connectivity index (χ3n) is 5.06. The number of aromatic nitrogens is 2. The lowest BCUT2D eigenvalue weighted by Crippen LogP contribution is -2.27. The zero-order valence-electron chi connectivity index (χ0n) is 12.5. The molecule has 4 rings (SSSR count). The van der Waals surface area contributed by atoms with Crippen molar-refractivity contribution in [1.82, 2.24) is 14.9 Å². The van der Waals surface area contributed by atoms with Gasteiger partial charge in [-0.15, -0.1) is 0 Å². The fourth-order valence-electron chi connectivity index (χ4n) is 3.91. The molecule has 3 heteroatoms. The molecule has 3 nitrogen and oxygen atoms in total. The molecule has 1 fully saturated rings. The minimum absolute atomic E-state index is 0.646. The molecule has 21 heavy (non-hydrogen) atoms. The number of benzene rings is 1. The summed E-state index contributed by atoms with van der Waals surface area (Å²) in [5.41, 5.74) is 5.87. The van der Waals surface area contributed by atoms with Gasteiger partial charge in [0.2, 0.25) is 0 Å². The second kappa shape index (κ2) is 5.64.